The number of aromatic amines is 1. The van der Waals surface area contributed by atoms with Gasteiger partial charge in [0, 0.05) is 56.9 Å². The summed E-state index contributed by atoms with van der Waals surface area (Å²) in [4.78, 5) is 14.7. The van der Waals surface area contributed by atoms with E-state index >= 15 is 0 Å². The number of hydrogen-bond donors (Lipinski definition) is 2. The molecular formula is C20H25N5O3. The highest BCUT2D eigenvalue weighted by Crippen LogP contribution is 2.37. The monoisotopic (exact) mass is 383 g/mol. The van der Waals surface area contributed by atoms with E-state index in [0.29, 0.717) is 5.52 Å². The highest BCUT2D eigenvalue weighted by Gasteiger charge is 2.20. The van der Waals surface area contributed by atoms with E-state index in [1.165, 1.54) is 0 Å². The molecule has 28 heavy (non-hydrogen) atoms. The van der Waals surface area contributed by atoms with Crippen molar-refractivity contribution in [1.82, 2.24) is 25.0 Å². The molecule has 8 nitrogen and oxygen atoms in total. The summed E-state index contributed by atoms with van der Waals surface area (Å²) >= 11 is 0. The summed E-state index contributed by atoms with van der Waals surface area (Å²) in [5.74, 6) is 1.55. The molecule has 4 rings (SSSR count). The summed E-state index contributed by atoms with van der Waals surface area (Å²) in [6.07, 6.45) is 3.50. The smallest absolute Gasteiger partial charge is 0.276 e. The quantitative estimate of drug-likeness (QED) is 0.692. The third-order valence-electron chi connectivity index (χ3n) is 5.30. The fraction of sp³-hybridized carbons (Fsp3) is 0.400. The molecule has 148 valence electrons. The largest absolute Gasteiger partial charge is 0.496 e. The van der Waals surface area contributed by atoms with Crippen molar-refractivity contribution in [2.75, 3.05) is 40.4 Å². The molecule has 2 aromatic heterocycles. The summed E-state index contributed by atoms with van der Waals surface area (Å²) in [5.41, 5.74) is 3.23. The molecule has 0 bridgehead atoms. The van der Waals surface area contributed by atoms with Crippen molar-refractivity contribution in [3.8, 4) is 22.6 Å². The first kappa shape index (κ1) is 18.5. The van der Waals surface area contributed by atoms with Crippen molar-refractivity contribution in [1.29, 1.82) is 0 Å². The maximum atomic E-state index is 12.3. The number of piperazine rings is 1. The van der Waals surface area contributed by atoms with Crippen molar-refractivity contribution in [2.45, 2.75) is 6.54 Å². The predicted octanol–water partition coefficient (Wildman–Crippen LogP) is 1.35. The van der Waals surface area contributed by atoms with Crippen LogP contribution < -0.4 is 20.3 Å². The highest BCUT2D eigenvalue weighted by atomic mass is 16.5. The van der Waals surface area contributed by atoms with Gasteiger partial charge in [0.2, 0.25) is 0 Å². The summed E-state index contributed by atoms with van der Waals surface area (Å²) in [6, 6.07) is 4.01. The summed E-state index contributed by atoms with van der Waals surface area (Å²) in [7, 11) is 5.08. The average molecular weight is 383 g/mol. The first-order valence-electron chi connectivity index (χ1n) is 9.33. The Bertz CT molecular complexity index is 1020. The van der Waals surface area contributed by atoms with Gasteiger partial charge in [-0.05, 0) is 17.7 Å². The predicted molar refractivity (Wildman–Crippen MR) is 108 cm³/mol. The standard InChI is InChI=1S/C20H25N5O3/c1-24-11-15(14-10-22-23-19(14)20(24)26)13-8-17(27-2)16(18(9-13)28-3)12-25-6-4-21-5-7-25/h8-11,21H,4-7,12H2,1-3H3,(H,22,23). The molecule has 0 spiro atoms. The Hall–Kier alpha value is -2.84. The van der Waals surface area contributed by atoms with Crippen LogP contribution in [-0.4, -0.2) is 60.1 Å². The van der Waals surface area contributed by atoms with Gasteiger partial charge in [0.1, 0.15) is 17.0 Å². The zero-order valence-corrected chi connectivity index (χ0v) is 16.4. The Balaban J connectivity index is 1.82. The second-order valence-electron chi connectivity index (χ2n) is 7.00. The second-order valence-corrected chi connectivity index (χ2v) is 7.00. The first-order chi connectivity index (χ1) is 13.6. The van der Waals surface area contributed by atoms with E-state index in [9.17, 15) is 4.79 Å². The molecule has 0 atom stereocenters. The first-order valence-corrected chi connectivity index (χ1v) is 9.33. The Labute approximate surface area is 163 Å². The number of aryl methyl sites for hydroxylation is 1. The Kier molecular flexibility index (Phi) is 5.06. The molecule has 8 heteroatoms. The fourth-order valence-electron chi connectivity index (χ4n) is 3.77. The third kappa shape index (κ3) is 3.25. The van der Waals surface area contributed by atoms with Crippen molar-refractivity contribution in [3.63, 3.8) is 0 Å². The normalized spacial score (nSPS) is 15.1. The van der Waals surface area contributed by atoms with Crippen LogP contribution in [-0.2, 0) is 13.6 Å². The Morgan fingerprint density at radius 2 is 1.82 bits per heavy atom. The lowest BCUT2D eigenvalue weighted by Crippen LogP contribution is -2.43. The van der Waals surface area contributed by atoms with Crippen molar-refractivity contribution < 1.29 is 9.47 Å². The molecule has 1 fully saturated rings. The molecule has 2 N–H and O–H groups in total. The Morgan fingerprint density at radius 1 is 1.14 bits per heavy atom. The fourth-order valence-corrected chi connectivity index (χ4v) is 3.77. The van der Waals surface area contributed by atoms with E-state index in [0.717, 1.165) is 66.3 Å². The number of rotatable bonds is 5. The van der Waals surface area contributed by atoms with Gasteiger partial charge in [0.15, 0.2) is 0 Å². The average Bonchev–Trinajstić information content (AvgIpc) is 3.21. The SMILES string of the molecule is COc1cc(-c2cn(C)c(=O)c3[nH]ncc23)cc(OC)c1CN1CCNCC1. The number of aromatic nitrogens is 3. The van der Waals surface area contributed by atoms with Crippen LogP contribution in [0.4, 0.5) is 0 Å². The van der Waals surface area contributed by atoms with Gasteiger partial charge in [0.25, 0.3) is 5.56 Å². The molecule has 1 saturated heterocycles. The molecule has 3 aromatic rings. The Morgan fingerprint density at radius 3 is 2.46 bits per heavy atom. The third-order valence-corrected chi connectivity index (χ3v) is 5.30. The van der Waals surface area contributed by atoms with Crippen LogP contribution in [0.2, 0.25) is 0 Å². The van der Waals surface area contributed by atoms with Gasteiger partial charge in [0.05, 0.1) is 26.0 Å². The lowest BCUT2D eigenvalue weighted by Gasteiger charge is -2.28. The highest BCUT2D eigenvalue weighted by molar-refractivity contribution is 5.94. The molecule has 3 heterocycles. The van der Waals surface area contributed by atoms with Crippen LogP contribution in [0.1, 0.15) is 5.56 Å². The van der Waals surface area contributed by atoms with Gasteiger partial charge < -0.3 is 19.4 Å². The van der Waals surface area contributed by atoms with Gasteiger partial charge in [-0.1, -0.05) is 0 Å². The summed E-state index contributed by atoms with van der Waals surface area (Å²) in [6.45, 7) is 4.72. The van der Waals surface area contributed by atoms with E-state index in [1.807, 2.05) is 18.3 Å². The molecular weight excluding hydrogens is 358 g/mol. The van der Waals surface area contributed by atoms with E-state index in [4.69, 9.17) is 9.47 Å². The number of methoxy groups -OCH3 is 2. The van der Waals surface area contributed by atoms with Gasteiger partial charge in [-0.2, -0.15) is 5.10 Å². The minimum absolute atomic E-state index is 0.106. The van der Waals surface area contributed by atoms with E-state index < -0.39 is 0 Å². The summed E-state index contributed by atoms with van der Waals surface area (Å²) in [5, 5.41) is 11.0. The number of pyridine rings is 1. The van der Waals surface area contributed by atoms with Crippen LogP contribution in [0.15, 0.2) is 29.3 Å². The minimum Gasteiger partial charge on any atom is -0.496 e. The molecule has 1 aliphatic heterocycles. The van der Waals surface area contributed by atoms with Crippen molar-refractivity contribution in [2.24, 2.45) is 7.05 Å². The topological polar surface area (TPSA) is 84.4 Å². The zero-order valence-electron chi connectivity index (χ0n) is 16.4. The number of hydrogen-bond acceptors (Lipinski definition) is 6. The zero-order chi connectivity index (χ0) is 19.7. The van der Waals surface area contributed by atoms with Crippen LogP contribution >= 0.6 is 0 Å². The van der Waals surface area contributed by atoms with Crippen molar-refractivity contribution in [3.05, 3.63) is 40.4 Å². The number of fused-ring (bicyclic) bond motifs is 1. The van der Waals surface area contributed by atoms with E-state index in [1.54, 1.807) is 32.0 Å². The van der Waals surface area contributed by atoms with Gasteiger partial charge in [-0.3, -0.25) is 14.8 Å². The van der Waals surface area contributed by atoms with E-state index in [2.05, 4.69) is 20.4 Å². The summed E-state index contributed by atoms with van der Waals surface area (Å²) < 4.78 is 13.0. The van der Waals surface area contributed by atoms with Gasteiger partial charge >= 0.3 is 0 Å². The van der Waals surface area contributed by atoms with Crippen LogP contribution in [0.5, 0.6) is 11.5 Å². The van der Waals surface area contributed by atoms with Crippen LogP contribution in [0.25, 0.3) is 22.0 Å². The van der Waals surface area contributed by atoms with Crippen LogP contribution in [0, 0.1) is 0 Å². The number of ether oxygens (including phenoxy) is 2. The number of nitrogens with one attached hydrogen (secondary N) is 2. The maximum Gasteiger partial charge on any atom is 0.276 e. The molecule has 1 aromatic carbocycles. The van der Waals surface area contributed by atoms with Gasteiger partial charge in [-0.25, -0.2) is 0 Å². The van der Waals surface area contributed by atoms with Crippen molar-refractivity contribution >= 4 is 10.9 Å². The lowest BCUT2D eigenvalue weighted by molar-refractivity contribution is 0.226. The molecule has 0 unspecified atom stereocenters. The lowest BCUT2D eigenvalue weighted by atomic mass is 10.0. The second kappa shape index (κ2) is 7.65. The maximum absolute atomic E-state index is 12.3. The number of benzene rings is 1. The van der Waals surface area contributed by atoms with E-state index in [-0.39, 0.29) is 5.56 Å². The number of nitrogens with zero attached hydrogens (tertiary/aromatic N) is 3. The molecule has 0 saturated carbocycles. The molecule has 0 amide bonds. The minimum atomic E-state index is -0.106. The van der Waals surface area contributed by atoms with Gasteiger partial charge in [-0.15, -0.1) is 0 Å². The van der Waals surface area contributed by atoms with Crippen LogP contribution in [0.3, 0.4) is 0 Å². The molecule has 0 radical (unpaired) electrons. The molecule has 0 aliphatic carbocycles. The molecule has 1 aliphatic rings. The number of H-pyrrole nitrogens is 1.